The minimum Gasteiger partial charge on any atom is -0.479 e. The van der Waals surface area contributed by atoms with Gasteiger partial charge in [0, 0.05) is 5.41 Å². The van der Waals surface area contributed by atoms with E-state index in [4.69, 9.17) is 28.4 Å². The molecule has 0 amide bonds. The maximum atomic E-state index is 12.5. The molecule has 19 nitrogen and oxygen atoms in total. The molecule has 3 aliphatic heterocycles. The third-order valence-electron chi connectivity index (χ3n) is 19.6. The van der Waals surface area contributed by atoms with Crippen LogP contribution in [0.3, 0.4) is 0 Å². The standard InChI is InChI=1S/C48H76O19/c1-20-27(51)28(52)33(57)40(62-20)66-37-32(56)30(54)35(39(60)61)65-42(37)67-36-31(55)29(53)34(38(58)59)64-41(36)63-26-12-13-45(5)23(46(26,6)19-49)11-14-48(8)24(45)10-9-21-22-17-43(2,3)25(50)18-44(22,4)15-16-47(21,48)7/h9,20,22-37,40-42,49-57H,10-19H2,1-8H3,(H,58,59)(H,60,61)/t20-,22+,23-,24+,25-,26-,27-,28+,29-,30-,31-,32-,33+,34-,35-,36+,37+,40-,41+,42-,44-,45-,46+,47+,48+/m0/s1. The average molecular weight is 957 g/mol. The number of fused-ring (bicyclic) bond motifs is 7. The molecule has 3 heterocycles. The number of aliphatic carboxylic acids is 2. The molecule has 19 heteroatoms. The first-order chi connectivity index (χ1) is 31.1. The lowest BCUT2D eigenvalue weighted by molar-refractivity contribution is -0.393. The van der Waals surface area contributed by atoms with Crippen LogP contribution >= 0.6 is 0 Å². The van der Waals surface area contributed by atoms with Gasteiger partial charge >= 0.3 is 11.9 Å². The highest BCUT2D eigenvalue weighted by Gasteiger charge is 2.69. The summed E-state index contributed by atoms with van der Waals surface area (Å²) in [4.78, 5) is 24.7. The van der Waals surface area contributed by atoms with Crippen molar-refractivity contribution in [2.45, 2.75) is 218 Å². The molecule has 5 aliphatic carbocycles. The third-order valence-corrected chi connectivity index (χ3v) is 19.6. The van der Waals surface area contributed by atoms with Gasteiger partial charge in [0.15, 0.2) is 31.1 Å². The van der Waals surface area contributed by atoms with E-state index in [2.05, 4.69) is 47.6 Å². The van der Waals surface area contributed by atoms with Crippen LogP contribution in [0.15, 0.2) is 11.6 Å². The Bertz CT molecular complexity index is 1900. The second-order valence-electron chi connectivity index (χ2n) is 23.6. The molecule has 4 saturated carbocycles. The monoisotopic (exact) mass is 956 g/mol. The molecule has 7 fully saturated rings. The Morgan fingerprint density at radius 2 is 1.21 bits per heavy atom. The lowest BCUT2D eigenvalue weighted by Crippen LogP contribution is -2.68. The predicted octanol–water partition coefficient (Wildman–Crippen LogP) is 0.797. The van der Waals surface area contributed by atoms with Gasteiger partial charge in [-0.2, -0.15) is 0 Å². The van der Waals surface area contributed by atoms with Gasteiger partial charge in [0.2, 0.25) is 0 Å². The highest BCUT2D eigenvalue weighted by molar-refractivity contribution is 5.74. The molecule has 0 unspecified atom stereocenters. The number of hydrogen-bond donors (Lipinski definition) is 11. The van der Waals surface area contributed by atoms with E-state index in [1.54, 1.807) is 0 Å². The van der Waals surface area contributed by atoms with E-state index in [0.717, 1.165) is 44.9 Å². The van der Waals surface area contributed by atoms with Gasteiger partial charge in [-0.25, -0.2) is 9.59 Å². The van der Waals surface area contributed by atoms with Gasteiger partial charge in [0.1, 0.15) is 54.9 Å². The predicted molar refractivity (Wildman–Crippen MR) is 231 cm³/mol. The topological polar surface area (TPSA) is 312 Å². The molecule has 0 aromatic heterocycles. The van der Waals surface area contributed by atoms with Crippen molar-refractivity contribution >= 4 is 11.9 Å². The largest absolute Gasteiger partial charge is 0.479 e. The van der Waals surface area contributed by atoms with Crippen LogP contribution in [0, 0.1) is 50.2 Å². The molecule has 0 aromatic carbocycles. The van der Waals surface area contributed by atoms with Crippen molar-refractivity contribution in [3.05, 3.63) is 11.6 Å². The zero-order chi connectivity index (χ0) is 49.3. The third kappa shape index (κ3) is 7.97. The number of carboxylic acid groups (broad SMARTS) is 2. The summed E-state index contributed by atoms with van der Waals surface area (Å²) in [6.45, 7) is 16.9. The summed E-state index contributed by atoms with van der Waals surface area (Å²) in [6.07, 6.45) is -20.2. The zero-order valence-electron chi connectivity index (χ0n) is 39.9. The van der Waals surface area contributed by atoms with Crippen molar-refractivity contribution in [1.29, 1.82) is 0 Å². The highest BCUT2D eigenvalue weighted by Crippen LogP contribution is 2.76. The van der Waals surface area contributed by atoms with Crippen LogP contribution in [0.5, 0.6) is 0 Å². The van der Waals surface area contributed by atoms with Gasteiger partial charge in [-0.15, -0.1) is 0 Å². The molecule has 0 radical (unpaired) electrons. The van der Waals surface area contributed by atoms with E-state index < -0.39 is 116 Å². The maximum absolute atomic E-state index is 12.5. The van der Waals surface area contributed by atoms with Gasteiger partial charge in [-0.1, -0.05) is 60.1 Å². The number of aliphatic hydroxyl groups excluding tert-OH is 9. The molecule has 0 spiro atoms. The second-order valence-corrected chi connectivity index (χ2v) is 23.6. The number of rotatable bonds is 9. The summed E-state index contributed by atoms with van der Waals surface area (Å²) in [5, 5.41) is 119. The first-order valence-electron chi connectivity index (χ1n) is 24.2. The summed E-state index contributed by atoms with van der Waals surface area (Å²) in [5.41, 5.74) is -0.119. The molecule has 25 atom stereocenters. The Hall–Kier alpha value is -1.92. The van der Waals surface area contributed by atoms with E-state index in [1.807, 2.05) is 6.92 Å². The average Bonchev–Trinajstić information content (AvgIpc) is 3.25. The number of hydrogen-bond acceptors (Lipinski definition) is 17. The summed E-state index contributed by atoms with van der Waals surface area (Å²) < 4.78 is 35.7. The van der Waals surface area contributed by atoms with Crippen LogP contribution in [-0.4, -0.2) is 179 Å². The van der Waals surface area contributed by atoms with Gasteiger partial charge in [-0.05, 0) is 110 Å². The molecule has 3 saturated heterocycles. The van der Waals surface area contributed by atoms with Gasteiger partial charge in [-0.3, -0.25) is 0 Å². The zero-order valence-corrected chi connectivity index (χ0v) is 39.9. The van der Waals surface area contributed by atoms with Crippen molar-refractivity contribution in [3.8, 4) is 0 Å². The van der Waals surface area contributed by atoms with E-state index in [-0.39, 0.29) is 51.6 Å². The van der Waals surface area contributed by atoms with E-state index in [0.29, 0.717) is 18.8 Å². The normalized spacial score (nSPS) is 55.2. The summed E-state index contributed by atoms with van der Waals surface area (Å²) >= 11 is 0. The van der Waals surface area contributed by atoms with Crippen molar-refractivity contribution < 1.29 is 94.2 Å². The Morgan fingerprint density at radius 3 is 1.78 bits per heavy atom. The van der Waals surface area contributed by atoms with Crippen molar-refractivity contribution in [2.75, 3.05) is 6.61 Å². The lowest BCUT2D eigenvalue weighted by atomic mass is 9.33. The smallest absolute Gasteiger partial charge is 0.335 e. The number of allylic oxidation sites excluding steroid dienone is 2. The van der Waals surface area contributed by atoms with Crippen LogP contribution in [0.4, 0.5) is 0 Å². The van der Waals surface area contributed by atoms with Crippen molar-refractivity contribution in [3.63, 3.8) is 0 Å². The molecular weight excluding hydrogens is 881 g/mol. The molecule has 11 N–H and O–H groups in total. The van der Waals surface area contributed by atoms with Crippen molar-refractivity contribution in [1.82, 2.24) is 0 Å². The maximum Gasteiger partial charge on any atom is 0.335 e. The lowest BCUT2D eigenvalue weighted by Gasteiger charge is -2.71. The van der Waals surface area contributed by atoms with Gasteiger partial charge in [0.05, 0.1) is 24.9 Å². The summed E-state index contributed by atoms with van der Waals surface area (Å²) in [6, 6.07) is 0. The highest BCUT2D eigenvalue weighted by atomic mass is 16.8. The molecule has 67 heavy (non-hydrogen) atoms. The van der Waals surface area contributed by atoms with Gasteiger partial charge in [0.25, 0.3) is 0 Å². The SMILES string of the molecule is C[C@@H]1O[C@@H](O[C@H]2[C@H](O[C@H]3[C@H](O[C@H]4CC[C@@]5(C)[C@H](CC[C@]6(C)[C@@H]5CC=C5[C@H]7CC(C)(C)[C@@H](O)C[C@]7(C)CC[C@]56C)[C@@]4(C)CO)O[C@H](C(=O)O)[C@@H](O)[C@@H]3O)O[C@H](C(=O)O)[C@@H](O)[C@@H]2O)[C@H](O)[C@H](O)[C@H]1O. The molecule has 0 bridgehead atoms. The number of aliphatic hydroxyl groups is 9. The Morgan fingerprint density at radius 1 is 0.642 bits per heavy atom. The first-order valence-corrected chi connectivity index (χ1v) is 24.2. The Balaban J connectivity index is 1.08. The minimum atomic E-state index is -2.16. The van der Waals surface area contributed by atoms with Crippen LogP contribution in [0.2, 0.25) is 0 Å². The number of ether oxygens (including phenoxy) is 6. The summed E-state index contributed by atoms with van der Waals surface area (Å²) in [7, 11) is 0. The van der Waals surface area contributed by atoms with Crippen LogP contribution in [-0.2, 0) is 38.0 Å². The quantitative estimate of drug-likeness (QED) is 0.112. The van der Waals surface area contributed by atoms with E-state index in [1.165, 1.54) is 12.5 Å². The van der Waals surface area contributed by atoms with Crippen LogP contribution < -0.4 is 0 Å². The first kappa shape index (κ1) is 51.4. The molecule has 382 valence electrons. The fourth-order valence-corrected chi connectivity index (χ4v) is 15.0. The fraction of sp³-hybridized carbons (Fsp3) is 0.917. The number of carbonyl (C=O) groups is 2. The number of carboxylic acids is 2. The molecule has 8 rings (SSSR count). The summed E-state index contributed by atoms with van der Waals surface area (Å²) in [5.74, 6) is -2.90. The van der Waals surface area contributed by atoms with Crippen LogP contribution in [0.25, 0.3) is 0 Å². The Kier molecular flexibility index (Phi) is 13.6. The van der Waals surface area contributed by atoms with Crippen molar-refractivity contribution in [2.24, 2.45) is 50.2 Å². The molecule has 0 aromatic rings. The van der Waals surface area contributed by atoms with E-state index >= 15 is 0 Å². The Labute approximate surface area is 391 Å². The van der Waals surface area contributed by atoms with Crippen LogP contribution in [0.1, 0.15) is 113 Å². The molecule has 8 aliphatic rings. The molecular formula is C48H76O19. The minimum absolute atomic E-state index is 0.0105. The second kappa shape index (κ2) is 17.7. The fourth-order valence-electron chi connectivity index (χ4n) is 15.0. The van der Waals surface area contributed by atoms with Gasteiger partial charge < -0.3 is 84.6 Å². The van der Waals surface area contributed by atoms with E-state index in [9.17, 15) is 65.8 Å².